The van der Waals surface area contributed by atoms with Gasteiger partial charge in [-0.1, -0.05) is 0 Å². The third-order valence-corrected chi connectivity index (χ3v) is 8.00. The van der Waals surface area contributed by atoms with Crippen LogP contribution in [-0.2, 0) is 33.4 Å². The second kappa shape index (κ2) is 24.2. The van der Waals surface area contributed by atoms with Crippen LogP contribution in [0.4, 0.5) is 0 Å². The lowest BCUT2D eigenvalue weighted by Crippen LogP contribution is -2.49. The fraction of sp³-hybridized carbons (Fsp3) is 0.821. The average molecular weight is 743 g/mol. The van der Waals surface area contributed by atoms with E-state index in [9.17, 15) is 19.2 Å². The Labute approximate surface area is 318 Å². The zero-order valence-corrected chi connectivity index (χ0v) is 37.8. The minimum Gasteiger partial charge on any atom is -0.394 e. The second-order valence-electron chi connectivity index (χ2n) is 16.5. The summed E-state index contributed by atoms with van der Waals surface area (Å²) >= 11 is 0. The summed E-state index contributed by atoms with van der Waals surface area (Å²) in [6, 6.07) is 2.36. The van der Waals surface area contributed by atoms with E-state index >= 15 is 0 Å². The third-order valence-electron chi connectivity index (χ3n) is 8.00. The Morgan fingerprint density at radius 1 is 0.654 bits per heavy atom. The molecule has 2 saturated heterocycles. The van der Waals surface area contributed by atoms with Gasteiger partial charge in [0.15, 0.2) is 0 Å². The van der Waals surface area contributed by atoms with E-state index in [4.69, 9.17) is 9.47 Å². The predicted octanol–water partition coefficient (Wildman–Crippen LogP) is 6.99. The molecule has 0 radical (unpaired) electrons. The van der Waals surface area contributed by atoms with Crippen LogP contribution in [0.5, 0.6) is 0 Å². The largest absolute Gasteiger partial charge is 0.394 e. The Bertz CT molecular complexity index is 1140. The molecule has 0 aromatic carbocycles. The molecule has 0 spiro atoms. The lowest BCUT2D eigenvalue weighted by Gasteiger charge is -2.40. The summed E-state index contributed by atoms with van der Waals surface area (Å²) in [5.41, 5.74) is 0.253. The van der Waals surface area contributed by atoms with Gasteiger partial charge in [0.25, 0.3) is 0 Å². The number of epoxide rings is 1. The fourth-order valence-corrected chi connectivity index (χ4v) is 3.33. The highest BCUT2D eigenvalue weighted by atomic mass is 16.6. The van der Waals surface area contributed by atoms with Gasteiger partial charge in [-0.15, -0.1) is 0 Å². The highest BCUT2D eigenvalue weighted by Crippen LogP contribution is 2.46. The molecule has 13 heteroatoms. The van der Waals surface area contributed by atoms with E-state index < -0.39 is 17.7 Å². The molecular weight excluding hydrogens is 664 g/mol. The number of carbonyl (C=O) groups is 4. The first-order chi connectivity index (χ1) is 22.8. The number of hydrogen-bond donors (Lipinski definition) is 1. The van der Waals surface area contributed by atoms with Crippen LogP contribution < -0.4 is 5.32 Å². The molecule has 2 aliphatic rings. The Hall–Kier alpha value is -3.21. The summed E-state index contributed by atoms with van der Waals surface area (Å²) in [5.74, 6) is 1.30. The van der Waals surface area contributed by atoms with Crippen LogP contribution in [0.3, 0.4) is 0 Å². The van der Waals surface area contributed by atoms with Crippen LogP contribution in [0.1, 0.15) is 138 Å². The number of nitrogens with one attached hydrogen (secondary N) is 1. The number of rotatable bonds is 2. The van der Waals surface area contributed by atoms with Crippen molar-refractivity contribution in [1.29, 1.82) is 0 Å². The topological polar surface area (TPSA) is 165 Å². The number of carbonyl (C=O) groups excluding carboxylic acids is 4. The molecule has 0 aliphatic carbocycles. The lowest BCUT2D eigenvalue weighted by molar-refractivity contribution is -0.191. The molecule has 1 N–H and O–H groups in total. The number of amides is 2. The van der Waals surface area contributed by atoms with Crippen LogP contribution in [0.2, 0.25) is 0 Å². The van der Waals surface area contributed by atoms with Crippen LogP contribution in [-0.4, -0.2) is 120 Å². The molecule has 0 saturated carbocycles. The van der Waals surface area contributed by atoms with Gasteiger partial charge in [0.05, 0.1) is 22.8 Å². The number of esters is 2. The SMILES string of the molecule is C=C=NC.CC(=O)N(C)C(C)(C)C.CC(=O)N(C)C(C)(C)OC(C)(C)C.CC(=O)OC(C)=O.CC1(C)NC1(C)C.CC1(C)OC1(C)C.CN=C=NC. The number of aliphatic imine (C=N–C) groups is 3. The highest BCUT2D eigenvalue weighted by Gasteiger charge is 2.56. The first-order valence-corrected chi connectivity index (χ1v) is 17.2. The molecule has 2 amide bonds. The summed E-state index contributed by atoms with van der Waals surface area (Å²) in [6.07, 6.45) is 0. The van der Waals surface area contributed by atoms with Gasteiger partial charge in [0, 0.05) is 79.6 Å². The minimum absolute atomic E-state index is 0.00856. The summed E-state index contributed by atoms with van der Waals surface area (Å²) < 4.78 is 15.0. The molecule has 0 bridgehead atoms. The molecule has 0 aromatic rings. The smallest absolute Gasteiger partial charge is 0.310 e. The van der Waals surface area contributed by atoms with Crippen molar-refractivity contribution >= 4 is 35.6 Å². The van der Waals surface area contributed by atoms with Gasteiger partial charge < -0.3 is 29.3 Å². The molecule has 2 fully saturated rings. The number of nitrogens with zero attached hydrogens (tertiary/aromatic N) is 5. The van der Waals surface area contributed by atoms with Crippen LogP contribution >= 0.6 is 0 Å². The van der Waals surface area contributed by atoms with Crippen molar-refractivity contribution in [3.8, 4) is 0 Å². The summed E-state index contributed by atoms with van der Waals surface area (Å²) in [6.45, 7) is 41.7. The summed E-state index contributed by atoms with van der Waals surface area (Å²) in [7, 11) is 8.45. The first-order valence-electron chi connectivity index (χ1n) is 17.2. The van der Waals surface area contributed by atoms with E-state index in [2.05, 4.69) is 98.9 Å². The maximum Gasteiger partial charge on any atom is 0.310 e. The zero-order chi connectivity index (χ0) is 43.3. The molecule has 0 atom stereocenters. The molecular formula is C39H78N6O7. The Kier molecular flexibility index (Phi) is 27.0. The lowest BCUT2D eigenvalue weighted by atomic mass is 10.0. The molecule has 0 unspecified atom stereocenters. The van der Waals surface area contributed by atoms with Gasteiger partial charge in [0.1, 0.15) is 5.72 Å². The van der Waals surface area contributed by atoms with E-state index in [0.717, 1.165) is 0 Å². The van der Waals surface area contributed by atoms with Gasteiger partial charge in [0.2, 0.25) is 11.8 Å². The molecule has 0 aromatic heterocycles. The molecule has 2 heterocycles. The van der Waals surface area contributed by atoms with Gasteiger partial charge in [-0.25, -0.2) is 15.0 Å². The quantitative estimate of drug-likeness (QED) is 0.104. The molecule has 2 aliphatic heterocycles. The third kappa shape index (κ3) is 31.5. The maximum atomic E-state index is 11.1. The zero-order valence-electron chi connectivity index (χ0n) is 37.8. The normalized spacial score (nSPS) is 15.8. The van der Waals surface area contributed by atoms with Crippen molar-refractivity contribution in [2.75, 3.05) is 35.2 Å². The Morgan fingerprint density at radius 3 is 0.981 bits per heavy atom. The van der Waals surface area contributed by atoms with Crippen molar-refractivity contribution in [2.45, 2.75) is 178 Å². The van der Waals surface area contributed by atoms with Crippen molar-refractivity contribution in [3.05, 3.63) is 6.58 Å². The van der Waals surface area contributed by atoms with Crippen LogP contribution in [0.25, 0.3) is 0 Å². The van der Waals surface area contributed by atoms with E-state index in [1.165, 1.54) is 20.8 Å². The van der Waals surface area contributed by atoms with E-state index in [-0.39, 0.29) is 34.2 Å². The molecule has 13 nitrogen and oxygen atoms in total. The number of hydrogen-bond acceptors (Lipinski definition) is 11. The van der Waals surface area contributed by atoms with Gasteiger partial charge in [-0.05, 0) is 123 Å². The Balaban J connectivity index is -0.000000170. The predicted molar refractivity (Wildman–Crippen MR) is 215 cm³/mol. The molecule has 306 valence electrons. The van der Waals surface area contributed by atoms with E-state index in [1.54, 1.807) is 44.9 Å². The van der Waals surface area contributed by atoms with Crippen LogP contribution in [0.15, 0.2) is 21.6 Å². The minimum atomic E-state index is -0.562. The van der Waals surface area contributed by atoms with E-state index in [1.807, 2.05) is 62.4 Å². The fourth-order valence-electron chi connectivity index (χ4n) is 3.33. The highest BCUT2D eigenvalue weighted by molar-refractivity contribution is 5.82. The maximum absolute atomic E-state index is 11.1. The molecule has 52 heavy (non-hydrogen) atoms. The Morgan fingerprint density at radius 2 is 0.923 bits per heavy atom. The monoisotopic (exact) mass is 743 g/mol. The standard InChI is InChI=1S/C10H21NO2.C7H15NO.C6H13N.C6H12O.C4H6O3.C3H6N2.C3H5N/c1-8(12)11(7)10(5,6)13-9(2,3)4;1-6(9)8(5)7(2,3)4;2*1-5(2)6(3,4)7-5;1-3(5)7-4(2)6;1-4-3-5-2;1-3-4-2/h1-7H3;1-5H3;7H,1-4H3;1-4H3;1-2H3;1-2H3;1H2,2H3. The van der Waals surface area contributed by atoms with Crippen molar-refractivity contribution in [2.24, 2.45) is 15.0 Å². The van der Waals surface area contributed by atoms with Gasteiger partial charge in [-0.2, -0.15) is 0 Å². The summed E-state index contributed by atoms with van der Waals surface area (Å²) in [4.78, 5) is 55.0. The molecule has 2 rings (SSSR count). The first kappa shape index (κ1) is 58.1. The van der Waals surface area contributed by atoms with Crippen molar-refractivity contribution < 1.29 is 33.4 Å². The van der Waals surface area contributed by atoms with E-state index in [0.29, 0.717) is 11.1 Å². The summed E-state index contributed by atoms with van der Waals surface area (Å²) in [5, 5.41) is 3.35. The van der Waals surface area contributed by atoms with Crippen molar-refractivity contribution in [3.63, 3.8) is 0 Å². The van der Waals surface area contributed by atoms with Gasteiger partial charge in [-0.3, -0.25) is 19.2 Å². The van der Waals surface area contributed by atoms with Crippen molar-refractivity contribution in [1.82, 2.24) is 15.1 Å². The number of ether oxygens (including phenoxy) is 3. The average Bonchev–Trinajstić information content (AvgIpc) is 3.61. The van der Waals surface area contributed by atoms with Crippen LogP contribution in [0, 0.1) is 0 Å². The van der Waals surface area contributed by atoms with Gasteiger partial charge >= 0.3 is 11.9 Å². The second-order valence-corrected chi connectivity index (χ2v) is 16.5.